The van der Waals surface area contributed by atoms with Gasteiger partial charge in [0.2, 0.25) is 0 Å². The molecule has 88 valence electrons. The third kappa shape index (κ3) is 3.52. The van der Waals surface area contributed by atoms with Crippen LogP contribution in [-0.2, 0) is 4.74 Å². The number of pyridine rings is 1. The van der Waals surface area contributed by atoms with E-state index in [0.29, 0.717) is 23.8 Å². The molecule has 1 aromatic rings. The molecule has 0 saturated carbocycles. The highest BCUT2D eigenvalue weighted by Crippen LogP contribution is 2.25. The minimum atomic E-state index is 0.507. The number of nitrogens with zero attached hydrogens (tertiary/aromatic N) is 1. The topological polar surface area (TPSA) is 31.4 Å². The Morgan fingerprint density at radius 1 is 1.50 bits per heavy atom. The molecule has 4 heteroatoms. The van der Waals surface area contributed by atoms with Crippen LogP contribution in [0.2, 0.25) is 0 Å². The molecule has 0 atom stereocenters. The maximum Gasteiger partial charge on any atom is 0.148 e. The lowest BCUT2D eigenvalue weighted by molar-refractivity contribution is 0.302. The van der Waals surface area contributed by atoms with E-state index in [4.69, 9.17) is 9.47 Å². The molecule has 0 spiro atoms. The fourth-order valence-corrected chi connectivity index (χ4v) is 1.47. The van der Waals surface area contributed by atoms with Crippen LogP contribution in [0, 0.1) is 0 Å². The van der Waals surface area contributed by atoms with Crippen molar-refractivity contribution < 1.29 is 9.47 Å². The number of ether oxygens (including phenoxy) is 2. The molecule has 0 N–H and O–H groups in total. The van der Waals surface area contributed by atoms with E-state index in [-0.39, 0.29) is 0 Å². The van der Waals surface area contributed by atoms with E-state index in [2.05, 4.69) is 34.4 Å². The second-order valence-electron chi connectivity index (χ2n) is 3.31. The summed E-state index contributed by atoms with van der Waals surface area (Å²) in [5.74, 6) is 1.22. The first-order valence-corrected chi connectivity index (χ1v) is 6.01. The summed E-state index contributed by atoms with van der Waals surface area (Å²) in [4.78, 5) is 4.29. The smallest absolute Gasteiger partial charge is 0.148 e. The largest absolute Gasteiger partial charge is 0.495 e. The lowest BCUT2D eigenvalue weighted by Gasteiger charge is -2.11. The van der Waals surface area contributed by atoms with Gasteiger partial charge in [0.15, 0.2) is 0 Å². The van der Waals surface area contributed by atoms with Crippen molar-refractivity contribution in [3.63, 3.8) is 0 Å². The average molecular weight is 286 g/mol. The molecular weight excluding hydrogens is 270 g/mol. The van der Waals surface area contributed by atoms with E-state index in [1.54, 1.807) is 7.11 Å². The van der Waals surface area contributed by atoms with Crippen molar-refractivity contribution in [2.45, 2.75) is 19.8 Å². The first kappa shape index (κ1) is 13.0. The van der Waals surface area contributed by atoms with Gasteiger partial charge in [0.1, 0.15) is 21.8 Å². The summed E-state index contributed by atoms with van der Waals surface area (Å²) in [6, 6.07) is 3.71. The molecular formula is C12H16BrNO2. The van der Waals surface area contributed by atoms with Crippen LogP contribution < -0.4 is 4.74 Å². The van der Waals surface area contributed by atoms with Gasteiger partial charge in [0.05, 0.1) is 13.7 Å². The van der Waals surface area contributed by atoms with Gasteiger partial charge in [-0.25, -0.2) is 4.98 Å². The molecule has 0 aliphatic rings. The van der Waals surface area contributed by atoms with Gasteiger partial charge >= 0.3 is 0 Å². The lowest BCUT2D eigenvalue weighted by Crippen LogP contribution is -2.02. The van der Waals surface area contributed by atoms with Crippen molar-refractivity contribution in [2.75, 3.05) is 13.7 Å². The summed E-state index contributed by atoms with van der Waals surface area (Å²) in [6.07, 6.45) is 2.12. The summed E-state index contributed by atoms with van der Waals surface area (Å²) in [5.41, 5.74) is 0.646. The SMILES string of the molecule is C=C(OC)c1nc(Br)ccc1OCCCC. The lowest BCUT2D eigenvalue weighted by atomic mass is 10.3. The molecule has 3 nitrogen and oxygen atoms in total. The highest BCUT2D eigenvalue weighted by atomic mass is 79.9. The molecule has 1 heterocycles. The van der Waals surface area contributed by atoms with Crippen molar-refractivity contribution in [3.8, 4) is 5.75 Å². The van der Waals surface area contributed by atoms with Gasteiger partial charge in [0, 0.05) is 0 Å². The maximum absolute atomic E-state index is 5.63. The third-order valence-electron chi connectivity index (χ3n) is 2.09. The molecule has 1 aromatic heterocycles. The molecule has 0 aliphatic carbocycles. The zero-order chi connectivity index (χ0) is 12.0. The summed E-state index contributed by atoms with van der Waals surface area (Å²) in [5, 5.41) is 0. The normalized spacial score (nSPS) is 9.94. The summed E-state index contributed by atoms with van der Waals surface area (Å²) in [6.45, 7) is 6.60. The quantitative estimate of drug-likeness (QED) is 0.454. The van der Waals surface area contributed by atoms with E-state index < -0.39 is 0 Å². The number of hydrogen-bond acceptors (Lipinski definition) is 3. The number of halogens is 1. The van der Waals surface area contributed by atoms with E-state index in [0.717, 1.165) is 17.4 Å². The Labute approximate surface area is 105 Å². The van der Waals surface area contributed by atoms with Gasteiger partial charge < -0.3 is 9.47 Å². The summed E-state index contributed by atoms with van der Waals surface area (Å²) >= 11 is 3.31. The monoisotopic (exact) mass is 285 g/mol. The minimum Gasteiger partial charge on any atom is -0.495 e. The fraction of sp³-hybridized carbons (Fsp3) is 0.417. The van der Waals surface area contributed by atoms with E-state index >= 15 is 0 Å². The second-order valence-corrected chi connectivity index (χ2v) is 4.12. The predicted octanol–water partition coefficient (Wildman–Crippen LogP) is 3.64. The van der Waals surface area contributed by atoms with Crippen molar-refractivity contribution >= 4 is 21.7 Å². The number of rotatable bonds is 6. The maximum atomic E-state index is 5.63. The van der Waals surface area contributed by atoms with Crippen LogP contribution in [0.4, 0.5) is 0 Å². The zero-order valence-corrected chi connectivity index (χ0v) is 11.2. The summed E-state index contributed by atoms with van der Waals surface area (Å²) in [7, 11) is 1.57. The molecule has 0 fully saturated rings. The fourth-order valence-electron chi connectivity index (χ4n) is 1.16. The predicted molar refractivity (Wildman–Crippen MR) is 68.4 cm³/mol. The Bertz CT molecular complexity index is 366. The number of methoxy groups -OCH3 is 1. The molecule has 16 heavy (non-hydrogen) atoms. The number of hydrogen-bond donors (Lipinski definition) is 0. The van der Waals surface area contributed by atoms with Crippen LogP contribution in [0.3, 0.4) is 0 Å². The van der Waals surface area contributed by atoms with Crippen LogP contribution in [0.1, 0.15) is 25.5 Å². The van der Waals surface area contributed by atoms with Crippen LogP contribution in [0.25, 0.3) is 5.76 Å². The molecule has 0 radical (unpaired) electrons. The van der Waals surface area contributed by atoms with Gasteiger partial charge in [-0.1, -0.05) is 19.9 Å². The standard InChI is InChI=1S/C12H16BrNO2/c1-4-5-8-16-10-6-7-11(13)14-12(10)9(2)15-3/h6-7H,2,4-5,8H2,1,3H3. The average Bonchev–Trinajstić information content (AvgIpc) is 2.30. The third-order valence-corrected chi connectivity index (χ3v) is 2.53. The Hall–Kier alpha value is -1.03. The second kappa shape index (κ2) is 6.53. The van der Waals surface area contributed by atoms with Crippen molar-refractivity contribution in [2.24, 2.45) is 0 Å². The van der Waals surface area contributed by atoms with Gasteiger partial charge in [-0.3, -0.25) is 0 Å². The van der Waals surface area contributed by atoms with Gasteiger partial charge in [-0.15, -0.1) is 0 Å². The molecule has 0 aromatic carbocycles. The van der Waals surface area contributed by atoms with Gasteiger partial charge in [0.25, 0.3) is 0 Å². The van der Waals surface area contributed by atoms with Crippen LogP contribution in [0.5, 0.6) is 5.75 Å². The molecule has 0 aliphatic heterocycles. The Balaban J connectivity index is 2.85. The summed E-state index contributed by atoms with van der Waals surface area (Å²) < 4.78 is 11.5. The van der Waals surface area contributed by atoms with E-state index in [1.165, 1.54) is 0 Å². The highest BCUT2D eigenvalue weighted by Gasteiger charge is 2.10. The zero-order valence-electron chi connectivity index (χ0n) is 9.62. The van der Waals surface area contributed by atoms with Gasteiger partial charge in [-0.05, 0) is 34.5 Å². The molecule has 0 bridgehead atoms. The first-order chi connectivity index (χ1) is 7.69. The molecule has 0 unspecified atom stereocenters. The molecule has 0 saturated heterocycles. The van der Waals surface area contributed by atoms with Crippen molar-refractivity contribution in [3.05, 3.63) is 29.0 Å². The van der Waals surface area contributed by atoms with Crippen molar-refractivity contribution in [1.29, 1.82) is 0 Å². The first-order valence-electron chi connectivity index (χ1n) is 5.21. The number of aromatic nitrogens is 1. The highest BCUT2D eigenvalue weighted by molar-refractivity contribution is 9.10. The molecule has 1 rings (SSSR count). The number of unbranched alkanes of at least 4 members (excludes halogenated alkanes) is 1. The Kier molecular flexibility index (Phi) is 5.32. The van der Waals surface area contributed by atoms with Crippen LogP contribution in [0.15, 0.2) is 23.3 Å². The molecule has 0 amide bonds. The van der Waals surface area contributed by atoms with Crippen molar-refractivity contribution in [1.82, 2.24) is 4.98 Å². The van der Waals surface area contributed by atoms with Gasteiger partial charge in [-0.2, -0.15) is 0 Å². The van der Waals surface area contributed by atoms with Crippen LogP contribution in [-0.4, -0.2) is 18.7 Å². The van der Waals surface area contributed by atoms with E-state index in [9.17, 15) is 0 Å². The Morgan fingerprint density at radius 3 is 2.88 bits per heavy atom. The van der Waals surface area contributed by atoms with E-state index in [1.807, 2.05) is 12.1 Å². The minimum absolute atomic E-state index is 0.507. The van der Waals surface area contributed by atoms with Crippen LogP contribution >= 0.6 is 15.9 Å². The Morgan fingerprint density at radius 2 is 2.25 bits per heavy atom.